The SMILES string of the molecule is CC1(C)CC(NC(=O)C2CCC(CN)CC2)CC(C)(C)N1. The number of nitrogens with two attached hydrogens (primary N) is 1. The zero-order valence-corrected chi connectivity index (χ0v) is 14.2. The van der Waals surface area contributed by atoms with Gasteiger partial charge >= 0.3 is 0 Å². The van der Waals surface area contributed by atoms with Crippen LogP contribution in [0.15, 0.2) is 0 Å². The van der Waals surface area contributed by atoms with Gasteiger partial charge < -0.3 is 16.4 Å². The first kappa shape index (κ1) is 16.8. The van der Waals surface area contributed by atoms with Crippen LogP contribution >= 0.6 is 0 Å². The van der Waals surface area contributed by atoms with E-state index in [-0.39, 0.29) is 28.9 Å². The average Bonchev–Trinajstić information content (AvgIpc) is 2.35. The largest absolute Gasteiger partial charge is 0.353 e. The zero-order valence-electron chi connectivity index (χ0n) is 14.2. The first-order valence-electron chi connectivity index (χ1n) is 8.50. The highest BCUT2D eigenvalue weighted by molar-refractivity contribution is 5.79. The third-order valence-corrected chi connectivity index (χ3v) is 5.09. The molecule has 0 spiro atoms. The van der Waals surface area contributed by atoms with Crippen molar-refractivity contribution in [3.63, 3.8) is 0 Å². The Bertz CT molecular complexity index is 354. The molecular formula is C17H33N3O. The molecule has 4 N–H and O–H groups in total. The fourth-order valence-corrected chi connectivity index (χ4v) is 4.40. The molecule has 0 radical (unpaired) electrons. The van der Waals surface area contributed by atoms with Crippen LogP contribution in [0.1, 0.15) is 66.2 Å². The number of carbonyl (C=O) groups excluding carboxylic acids is 1. The minimum atomic E-state index is 0.0803. The highest BCUT2D eigenvalue weighted by atomic mass is 16.1. The fraction of sp³-hybridized carbons (Fsp3) is 0.941. The minimum absolute atomic E-state index is 0.0803. The van der Waals surface area contributed by atoms with Gasteiger partial charge in [0.25, 0.3) is 0 Å². The number of rotatable bonds is 3. The maximum absolute atomic E-state index is 12.5. The van der Waals surface area contributed by atoms with E-state index in [1.54, 1.807) is 0 Å². The maximum atomic E-state index is 12.5. The Hall–Kier alpha value is -0.610. The first-order valence-corrected chi connectivity index (χ1v) is 8.50. The van der Waals surface area contributed by atoms with Gasteiger partial charge in [0.15, 0.2) is 0 Å². The highest BCUT2D eigenvalue weighted by Gasteiger charge is 2.39. The predicted molar refractivity (Wildman–Crippen MR) is 87.0 cm³/mol. The molecule has 1 amide bonds. The lowest BCUT2D eigenvalue weighted by Crippen LogP contribution is -2.62. The molecule has 1 aliphatic heterocycles. The molecule has 1 saturated carbocycles. The number of hydrogen-bond donors (Lipinski definition) is 3. The van der Waals surface area contributed by atoms with Crippen LogP contribution in [-0.2, 0) is 4.79 Å². The van der Waals surface area contributed by atoms with Crippen LogP contribution < -0.4 is 16.4 Å². The van der Waals surface area contributed by atoms with E-state index in [4.69, 9.17) is 5.73 Å². The van der Waals surface area contributed by atoms with Gasteiger partial charge in [-0.15, -0.1) is 0 Å². The van der Waals surface area contributed by atoms with Crippen molar-refractivity contribution in [3.8, 4) is 0 Å². The van der Waals surface area contributed by atoms with Crippen molar-refractivity contribution in [1.82, 2.24) is 10.6 Å². The van der Waals surface area contributed by atoms with Crippen LogP contribution in [0.4, 0.5) is 0 Å². The second-order valence-electron chi connectivity index (χ2n) is 8.46. The Labute approximate surface area is 129 Å². The summed E-state index contributed by atoms with van der Waals surface area (Å²) in [6.45, 7) is 9.66. The van der Waals surface area contributed by atoms with Crippen molar-refractivity contribution in [2.45, 2.75) is 83.3 Å². The predicted octanol–water partition coefficient (Wildman–Crippen LogP) is 2.18. The number of nitrogens with one attached hydrogen (secondary N) is 2. The van der Waals surface area contributed by atoms with Crippen molar-refractivity contribution in [3.05, 3.63) is 0 Å². The van der Waals surface area contributed by atoms with Crippen molar-refractivity contribution in [2.24, 2.45) is 17.6 Å². The molecule has 0 aromatic rings. The zero-order chi connectivity index (χ0) is 15.7. The van der Waals surface area contributed by atoms with E-state index < -0.39 is 0 Å². The Morgan fingerprint density at radius 2 is 1.62 bits per heavy atom. The molecule has 1 aliphatic carbocycles. The summed E-state index contributed by atoms with van der Waals surface area (Å²) in [5.41, 5.74) is 5.89. The monoisotopic (exact) mass is 295 g/mol. The van der Waals surface area contributed by atoms with E-state index in [2.05, 4.69) is 38.3 Å². The molecular weight excluding hydrogens is 262 g/mol. The second kappa shape index (κ2) is 6.25. The normalized spacial score (nSPS) is 32.6. The molecule has 0 atom stereocenters. The molecule has 2 fully saturated rings. The third-order valence-electron chi connectivity index (χ3n) is 5.09. The van der Waals surface area contributed by atoms with Gasteiger partial charge in [0, 0.05) is 23.0 Å². The molecule has 2 rings (SSSR count). The summed E-state index contributed by atoms with van der Waals surface area (Å²) in [6, 6.07) is 0.288. The summed E-state index contributed by atoms with van der Waals surface area (Å²) in [4.78, 5) is 12.5. The topological polar surface area (TPSA) is 67.2 Å². The quantitative estimate of drug-likeness (QED) is 0.747. The second-order valence-corrected chi connectivity index (χ2v) is 8.46. The van der Waals surface area contributed by atoms with Gasteiger partial charge in [-0.3, -0.25) is 4.79 Å². The van der Waals surface area contributed by atoms with E-state index in [9.17, 15) is 4.79 Å². The summed E-state index contributed by atoms with van der Waals surface area (Å²) in [5.74, 6) is 1.10. The third kappa shape index (κ3) is 4.68. The van der Waals surface area contributed by atoms with E-state index in [1.807, 2.05) is 0 Å². The van der Waals surface area contributed by atoms with E-state index in [0.717, 1.165) is 45.1 Å². The lowest BCUT2D eigenvalue weighted by Gasteiger charge is -2.47. The van der Waals surface area contributed by atoms with Crippen LogP contribution in [-0.4, -0.2) is 29.6 Å². The van der Waals surface area contributed by atoms with E-state index in [0.29, 0.717) is 5.92 Å². The van der Waals surface area contributed by atoms with Crippen molar-refractivity contribution in [1.29, 1.82) is 0 Å². The van der Waals surface area contributed by atoms with Crippen LogP contribution in [0, 0.1) is 11.8 Å². The molecule has 2 aliphatic rings. The van der Waals surface area contributed by atoms with Crippen LogP contribution in [0.5, 0.6) is 0 Å². The Morgan fingerprint density at radius 3 is 2.10 bits per heavy atom. The lowest BCUT2D eigenvalue weighted by molar-refractivity contribution is -0.127. The summed E-state index contributed by atoms with van der Waals surface area (Å²) in [5, 5.41) is 6.99. The average molecular weight is 295 g/mol. The highest BCUT2D eigenvalue weighted by Crippen LogP contribution is 2.31. The van der Waals surface area contributed by atoms with Crippen LogP contribution in [0.25, 0.3) is 0 Å². The van der Waals surface area contributed by atoms with Crippen LogP contribution in [0.3, 0.4) is 0 Å². The number of hydrogen-bond acceptors (Lipinski definition) is 3. The number of piperidine rings is 1. The summed E-state index contributed by atoms with van der Waals surface area (Å²) in [6.07, 6.45) is 6.23. The molecule has 4 nitrogen and oxygen atoms in total. The lowest BCUT2D eigenvalue weighted by atomic mass is 9.78. The molecule has 122 valence electrons. The summed E-state index contributed by atoms with van der Waals surface area (Å²) >= 11 is 0. The van der Waals surface area contributed by atoms with Crippen molar-refractivity contribution >= 4 is 5.91 Å². The van der Waals surface area contributed by atoms with Gasteiger partial charge in [-0.05, 0) is 78.7 Å². The number of amides is 1. The van der Waals surface area contributed by atoms with Gasteiger partial charge in [-0.25, -0.2) is 0 Å². The minimum Gasteiger partial charge on any atom is -0.353 e. The van der Waals surface area contributed by atoms with Crippen molar-refractivity contribution < 1.29 is 4.79 Å². The van der Waals surface area contributed by atoms with Gasteiger partial charge in [-0.2, -0.15) is 0 Å². The first-order chi connectivity index (χ1) is 9.71. The Balaban J connectivity index is 1.88. The van der Waals surface area contributed by atoms with Gasteiger partial charge in [0.1, 0.15) is 0 Å². The maximum Gasteiger partial charge on any atom is 0.223 e. The molecule has 4 heteroatoms. The molecule has 0 unspecified atom stereocenters. The van der Waals surface area contributed by atoms with E-state index >= 15 is 0 Å². The summed E-state index contributed by atoms with van der Waals surface area (Å²) < 4.78 is 0. The van der Waals surface area contributed by atoms with E-state index in [1.165, 1.54) is 0 Å². The molecule has 1 saturated heterocycles. The smallest absolute Gasteiger partial charge is 0.223 e. The van der Waals surface area contributed by atoms with Gasteiger partial charge in [0.05, 0.1) is 0 Å². The molecule has 0 aromatic heterocycles. The molecule has 0 bridgehead atoms. The van der Waals surface area contributed by atoms with Gasteiger partial charge in [0.2, 0.25) is 5.91 Å². The standard InChI is InChI=1S/C17H33N3O/c1-16(2)9-14(10-17(3,4)20-16)19-15(21)13-7-5-12(11-18)6-8-13/h12-14,20H,5-11,18H2,1-4H3,(H,19,21). The van der Waals surface area contributed by atoms with Crippen molar-refractivity contribution in [2.75, 3.05) is 6.54 Å². The van der Waals surface area contributed by atoms with Crippen LogP contribution in [0.2, 0.25) is 0 Å². The van der Waals surface area contributed by atoms with Gasteiger partial charge in [-0.1, -0.05) is 0 Å². The molecule has 1 heterocycles. The number of carbonyl (C=O) groups is 1. The fourth-order valence-electron chi connectivity index (χ4n) is 4.40. The Kier molecular flexibility index (Phi) is 4.99. The summed E-state index contributed by atoms with van der Waals surface area (Å²) in [7, 11) is 0. The molecule has 21 heavy (non-hydrogen) atoms. The Morgan fingerprint density at radius 1 is 1.10 bits per heavy atom. The molecule has 0 aromatic carbocycles.